The molecule has 0 bridgehead atoms. The van der Waals surface area contributed by atoms with Crippen LogP contribution in [0.15, 0.2) is 12.3 Å². The normalized spacial score (nSPS) is 9.27. The van der Waals surface area contributed by atoms with Crippen LogP contribution in [0.2, 0.25) is 5.02 Å². The highest BCUT2D eigenvalue weighted by molar-refractivity contribution is 6.33. The van der Waals surface area contributed by atoms with Crippen LogP contribution < -0.4 is 16.6 Å². The molecule has 86 valence electrons. The van der Waals surface area contributed by atoms with Crippen molar-refractivity contribution in [2.45, 2.75) is 33.7 Å². The van der Waals surface area contributed by atoms with Crippen LogP contribution >= 0.6 is 11.6 Å². The summed E-state index contributed by atoms with van der Waals surface area (Å²) in [7, 11) is 0. The summed E-state index contributed by atoms with van der Waals surface area (Å²) >= 11 is 5.89. The number of anilines is 2. The molecule has 0 aromatic carbocycles. The van der Waals surface area contributed by atoms with Gasteiger partial charge in [-0.15, -0.1) is 0 Å². The fraction of sp³-hybridized carbons (Fsp3) is 0.500. The van der Waals surface area contributed by atoms with E-state index >= 15 is 0 Å². The lowest BCUT2D eigenvalue weighted by molar-refractivity contribution is 0.889. The second-order valence-corrected chi connectivity index (χ2v) is 3.37. The molecule has 1 rings (SSSR count). The molecule has 0 unspecified atom stereocenters. The zero-order valence-electron chi connectivity index (χ0n) is 9.63. The second-order valence-electron chi connectivity index (χ2n) is 2.96. The maximum absolute atomic E-state index is 5.89. The lowest BCUT2D eigenvalue weighted by Gasteiger charge is -2.13. The molecular weight excluding hydrogens is 212 g/mol. The van der Waals surface area contributed by atoms with Gasteiger partial charge in [0, 0.05) is 12.2 Å². The van der Waals surface area contributed by atoms with Crippen LogP contribution in [0.25, 0.3) is 0 Å². The van der Waals surface area contributed by atoms with Crippen molar-refractivity contribution >= 4 is 23.1 Å². The summed E-state index contributed by atoms with van der Waals surface area (Å²) in [6, 6.07) is 1.97. The first kappa shape index (κ1) is 14.0. The van der Waals surface area contributed by atoms with Gasteiger partial charge in [0.15, 0.2) is 5.82 Å². The Morgan fingerprint density at radius 1 is 1.40 bits per heavy atom. The number of hydrogen-bond acceptors (Lipinski definition) is 4. The van der Waals surface area contributed by atoms with Crippen molar-refractivity contribution in [2.75, 3.05) is 10.7 Å². The molecular formula is C10H19ClN4. The van der Waals surface area contributed by atoms with Crippen molar-refractivity contribution in [3.05, 3.63) is 17.3 Å². The molecule has 0 fully saturated rings. The van der Waals surface area contributed by atoms with Gasteiger partial charge in [-0.25, -0.2) is 4.98 Å². The third-order valence-corrected chi connectivity index (χ3v) is 1.78. The van der Waals surface area contributed by atoms with Gasteiger partial charge < -0.3 is 10.7 Å². The van der Waals surface area contributed by atoms with Gasteiger partial charge in [0.2, 0.25) is 0 Å². The van der Waals surface area contributed by atoms with Gasteiger partial charge in [-0.3, -0.25) is 5.84 Å². The van der Waals surface area contributed by atoms with Gasteiger partial charge in [0.1, 0.15) is 5.69 Å². The molecule has 0 saturated carbocycles. The van der Waals surface area contributed by atoms with Crippen LogP contribution in [0.4, 0.5) is 11.5 Å². The lowest BCUT2D eigenvalue weighted by atomic mass is 10.3. The number of nitrogens with one attached hydrogen (secondary N) is 2. The van der Waals surface area contributed by atoms with Gasteiger partial charge in [0.05, 0.1) is 5.02 Å². The zero-order chi connectivity index (χ0) is 11.8. The molecule has 5 heteroatoms. The van der Waals surface area contributed by atoms with Crippen LogP contribution in [0.1, 0.15) is 27.7 Å². The third kappa shape index (κ3) is 4.36. The molecule has 1 heterocycles. The molecule has 0 aliphatic carbocycles. The zero-order valence-corrected chi connectivity index (χ0v) is 10.4. The maximum atomic E-state index is 5.89. The van der Waals surface area contributed by atoms with Gasteiger partial charge >= 0.3 is 0 Å². The fourth-order valence-electron chi connectivity index (χ4n) is 0.958. The maximum Gasteiger partial charge on any atom is 0.152 e. The molecule has 0 aliphatic heterocycles. The van der Waals surface area contributed by atoms with Crippen molar-refractivity contribution in [1.82, 2.24) is 4.98 Å². The molecule has 0 amide bonds. The van der Waals surface area contributed by atoms with Gasteiger partial charge in [0.25, 0.3) is 0 Å². The van der Waals surface area contributed by atoms with Crippen molar-refractivity contribution in [3.63, 3.8) is 0 Å². The number of nitrogens with two attached hydrogens (primary N) is 1. The Bertz CT molecular complexity index is 289. The summed E-state index contributed by atoms with van der Waals surface area (Å²) in [5, 5.41) is 3.68. The Morgan fingerprint density at radius 2 is 2.00 bits per heavy atom. The Hall–Kier alpha value is -1.00. The highest BCUT2D eigenvalue weighted by Gasteiger charge is 2.07. The number of pyridine rings is 1. The summed E-state index contributed by atoms with van der Waals surface area (Å²) < 4.78 is 0. The number of hydrogen-bond donors (Lipinski definition) is 3. The number of halogens is 1. The van der Waals surface area contributed by atoms with Gasteiger partial charge in [-0.1, -0.05) is 25.4 Å². The van der Waals surface area contributed by atoms with Gasteiger partial charge in [-0.05, 0) is 19.9 Å². The van der Waals surface area contributed by atoms with Crippen molar-refractivity contribution in [1.29, 1.82) is 0 Å². The average molecular weight is 231 g/mol. The van der Waals surface area contributed by atoms with E-state index in [1.54, 1.807) is 12.3 Å². The van der Waals surface area contributed by atoms with E-state index in [4.69, 9.17) is 17.4 Å². The van der Waals surface area contributed by atoms with E-state index in [1.165, 1.54) is 0 Å². The van der Waals surface area contributed by atoms with Crippen LogP contribution in [0, 0.1) is 0 Å². The SMILES string of the molecule is CC.CC(C)Nc1nccc(Cl)c1NN. The summed E-state index contributed by atoms with van der Waals surface area (Å²) in [6.45, 7) is 8.03. The van der Waals surface area contributed by atoms with E-state index in [0.29, 0.717) is 16.5 Å². The molecule has 0 aliphatic rings. The summed E-state index contributed by atoms with van der Waals surface area (Å²) in [5.41, 5.74) is 3.14. The average Bonchev–Trinajstić information content (AvgIpc) is 2.20. The van der Waals surface area contributed by atoms with E-state index in [2.05, 4.69) is 15.7 Å². The molecule has 4 nitrogen and oxygen atoms in total. The second kappa shape index (κ2) is 7.31. The van der Waals surface area contributed by atoms with Gasteiger partial charge in [-0.2, -0.15) is 0 Å². The highest BCUT2D eigenvalue weighted by atomic mass is 35.5. The smallest absolute Gasteiger partial charge is 0.152 e. The summed E-state index contributed by atoms with van der Waals surface area (Å²) in [5.74, 6) is 5.98. The van der Waals surface area contributed by atoms with Crippen molar-refractivity contribution in [2.24, 2.45) is 5.84 Å². The molecule has 15 heavy (non-hydrogen) atoms. The Balaban J connectivity index is 0.000000921. The van der Waals surface area contributed by atoms with Crippen LogP contribution in [0.3, 0.4) is 0 Å². The molecule has 4 N–H and O–H groups in total. The van der Waals surface area contributed by atoms with Crippen LogP contribution in [-0.2, 0) is 0 Å². The monoisotopic (exact) mass is 230 g/mol. The Labute approximate surface area is 96.2 Å². The third-order valence-electron chi connectivity index (χ3n) is 1.47. The van der Waals surface area contributed by atoms with Crippen molar-refractivity contribution in [3.8, 4) is 0 Å². The fourth-order valence-corrected chi connectivity index (χ4v) is 1.16. The van der Waals surface area contributed by atoms with E-state index in [0.717, 1.165) is 0 Å². The highest BCUT2D eigenvalue weighted by Crippen LogP contribution is 2.27. The van der Waals surface area contributed by atoms with E-state index in [1.807, 2.05) is 27.7 Å². The quantitative estimate of drug-likeness (QED) is 0.552. The topological polar surface area (TPSA) is 63.0 Å². The number of rotatable bonds is 3. The van der Waals surface area contributed by atoms with Crippen molar-refractivity contribution < 1.29 is 0 Å². The molecule has 0 saturated heterocycles. The van der Waals surface area contributed by atoms with Crippen LogP contribution in [0.5, 0.6) is 0 Å². The first-order valence-electron chi connectivity index (χ1n) is 5.02. The Kier molecular flexibility index (Phi) is 6.83. The summed E-state index contributed by atoms with van der Waals surface area (Å²) in [4.78, 5) is 4.11. The molecule has 1 aromatic rings. The number of aromatic nitrogens is 1. The molecule has 0 spiro atoms. The predicted molar refractivity (Wildman–Crippen MR) is 67.2 cm³/mol. The number of nitrogen functional groups attached to an aromatic ring is 1. The Morgan fingerprint density at radius 3 is 2.47 bits per heavy atom. The predicted octanol–water partition coefficient (Wildman–Crippen LogP) is 2.87. The minimum atomic E-state index is 0.290. The molecule has 0 atom stereocenters. The first-order chi connectivity index (χ1) is 7.15. The molecule has 0 radical (unpaired) electrons. The largest absolute Gasteiger partial charge is 0.366 e. The minimum absolute atomic E-state index is 0.290. The summed E-state index contributed by atoms with van der Waals surface area (Å²) in [6.07, 6.45) is 1.63. The number of hydrazine groups is 1. The number of nitrogens with zero attached hydrogens (tertiary/aromatic N) is 1. The van der Waals surface area contributed by atoms with E-state index in [9.17, 15) is 0 Å². The lowest BCUT2D eigenvalue weighted by Crippen LogP contribution is -2.16. The minimum Gasteiger partial charge on any atom is -0.366 e. The van der Waals surface area contributed by atoms with E-state index < -0.39 is 0 Å². The molecule has 1 aromatic heterocycles. The van der Waals surface area contributed by atoms with E-state index in [-0.39, 0.29) is 6.04 Å². The van der Waals surface area contributed by atoms with Crippen LogP contribution in [-0.4, -0.2) is 11.0 Å². The standard InChI is InChI=1S/C8H13ClN4.C2H6/c1-5(2)12-8-7(13-10)6(9)3-4-11-8;1-2/h3-5,13H,10H2,1-2H3,(H,11,12);1-2H3. The first-order valence-corrected chi connectivity index (χ1v) is 5.40.